The fraction of sp³-hybridized carbons (Fsp3) is 0.125. The minimum absolute atomic E-state index is 0.0201. The fourth-order valence-electron chi connectivity index (χ4n) is 2.01. The molecule has 27 heavy (non-hydrogen) atoms. The van der Waals surface area contributed by atoms with Crippen LogP contribution in [0.15, 0.2) is 41.6 Å². The number of urea groups is 1. The summed E-state index contributed by atoms with van der Waals surface area (Å²) in [6.45, 7) is 0. The van der Waals surface area contributed by atoms with E-state index >= 15 is 0 Å². The van der Waals surface area contributed by atoms with Gasteiger partial charge in [-0.1, -0.05) is 12.1 Å². The molecule has 2 aromatic rings. The summed E-state index contributed by atoms with van der Waals surface area (Å²) in [4.78, 5) is 38.6. The molecule has 2 rings (SSSR count). The Labute approximate surface area is 153 Å². The van der Waals surface area contributed by atoms with Gasteiger partial charge in [0.1, 0.15) is 5.69 Å². The number of primary amides is 1. The van der Waals surface area contributed by atoms with Crippen LogP contribution in [0.3, 0.4) is 0 Å². The molecule has 0 radical (unpaired) electrons. The Hall–Kier alpha value is -4.02. The Morgan fingerprint density at radius 3 is 2.74 bits per heavy atom. The molecule has 0 aliphatic carbocycles. The molecule has 3 amide bonds. The van der Waals surface area contributed by atoms with Gasteiger partial charge in [0, 0.05) is 38.0 Å². The molecule has 0 spiro atoms. The number of hydrazone groups is 1. The molecule has 0 atom stereocenters. The number of nitrogens with two attached hydrogens (primary N) is 1. The van der Waals surface area contributed by atoms with Gasteiger partial charge in [-0.2, -0.15) is 5.10 Å². The molecule has 0 unspecified atom stereocenters. The van der Waals surface area contributed by atoms with Gasteiger partial charge in [0.15, 0.2) is 5.75 Å². The average molecular weight is 372 g/mol. The highest BCUT2D eigenvalue weighted by molar-refractivity contribution is 5.89. The van der Waals surface area contributed by atoms with Crippen LogP contribution in [-0.4, -0.2) is 47.2 Å². The maximum atomic E-state index is 12.0. The third kappa shape index (κ3) is 4.98. The van der Waals surface area contributed by atoms with E-state index in [-0.39, 0.29) is 17.1 Å². The number of hydrogen-bond acceptors (Lipinski definition) is 7. The van der Waals surface area contributed by atoms with Crippen molar-refractivity contribution < 1.29 is 19.2 Å². The van der Waals surface area contributed by atoms with Crippen LogP contribution in [0.4, 0.5) is 15.3 Å². The van der Waals surface area contributed by atoms with Crippen LogP contribution in [0.2, 0.25) is 0 Å². The van der Waals surface area contributed by atoms with Crippen LogP contribution in [0.5, 0.6) is 5.75 Å². The third-order valence-electron chi connectivity index (χ3n) is 3.22. The van der Waals surface area contributed by atoms with E-state index in [2.05, 4.69) is 10.1 Å². The molecule has 0 bridgehead atoms. The summed E-state index contributed by atoms with van der Waals surface area (Å²) in [5.74, 6) is 0.0201. The summed E-state index contributed by atoms with van der Waals surface area (Å²) in [6, 6.07) is 6.47. The van der Waals surface area contributed by atoms with E-state index in [1.54, 1.807) is 6.07 Å². The molecule has 3 N–H and O–H groups in total. The van der Waals surface area contributed by atoms with Crippen molar-refractivity contribution in [3.8, 4) is 16.9 Å². The van der Waals surface area contributed by atoms with Crippen molar-refractivity contribution >= 4 is 24.0 Å². The van der Waals surface area contributed by atoms with E-state index in [0.29, 0.717) is 11.1 Å². The summed E-state index contributed by atoms with van der Waals surface area (Å²) < 4.78 is 5.37. The number of aromatic nitrogens is 1. The van der Waals surface area contributed by atoms with Crippen molar-refractivity contribution in [2.45, 2.75) is 0 Å². The first-order valence-corrected chi connectivity index (χ1v) is 7.51. The average Bonchev–Trinajstić information content (AvgIpc) is 2.62. The summed E-state index contributed by atoms with van der Waals surface area (Å²) >= 11 is 0. The fourth-order valence-corrected chi connectivity index (χ4v) is 2.01. The zero-order valence-electron chi connectivity index (χ0n) is 14.4. The first-order valence-electron chi connectivity index (χ1n) is 7.51. The van der Waals surface area contributed by atoms with Crippen molar-refractivity contribution in [3.63, 3.8) is 0 Å². The van der Waals surface area contributed by atoms with Crippen LogP contribution in [0.1, 0.15) is 5.69 Å². The second kappa shape index (κ2) is 8.38. The third-order valence-corrected chi connectivity index (χ3v) is 3.22. The number of nitrogens with zero attached hydrogens (tertiary/aromatic N) is 4. The second-order valence-electron chi connectivity index (χ2n) is 5.38. The number of carbonyl (C=O) groups is 2. The van der Waals surface area contributed by atoms with E-state index in [1.165, 1.54) is 49.5 Å². The Balaban J connectivity index is 2.57. The van der Waals surface area contributed by atoms with E-state index in [9.17, 15) is 19.7 Å². The van der Waals surface area contributed by atoms with Gasteiger partial charge in [0.2, 0.25) is 0 Å². The maximum Gasteiger partial charge on any atom is 0.414 e. The Morgan fingerprint density at radius 1 is 1.37 bits per heavy atom. The summed E-state index contributed by atoms with van der Waals surface area (Å²) in [7, 11) is 2.99. The number of nitrogens with one attached hydrogen (secondary N) is 1. The lowest BCUT2D eigenvalue weighted by atomic mass is 10.0. The molecule has 0 saturated heterocycles. The molecule has 11 heteroatoms. The molecule has 0 saturated carbocycles. The second-order valence-corrected chi connectivity index (χ2v) is 5.38. The van der Waals surface area contributed by atoms with Gasteiger partial charge in [0.25, 0.3) is 5.69 Å². The van der Waals surface area contributed by atoms with Crippen LogP contribution in [-0.2, 0) is 0 Å². The zero-order valence-corrected chi connectivity index (χ0v) is 14.4. The van der Waals surface area contributed by atoms with Gasteiger partial charge in [-0.3, -0.25) is 15.1 Å². The molecular weight excluding hydrogens is 356 g/mol. The lowest BCUT2D eigenvalue weighted by Crippen LogP contribution is -2.26. The van der Waals surface area contributed by atoms with Gasteiger partial charge < -0.3 is 15.4 Å². The van der Waals surface area contributed by atoms with Gasteiger partial charge in [0.05, 0.1) is 11.1 Å². The van der Waals surface area contributed by atoms with Crippen molar-refractivity contribution in [1.29, 1.82) is 0 Å². The minimum atomic E-state index is -0.882. The highest BCUT2D eigenvalue weighted by Crippen LogP contribution is 2.33. The SMILES string of the molecule is CN(C)C(=O)Oc1c(-c2cccc([N+](=O)[O-])c2)ccnc1C=NNC(N)=O. The van der Waals surface area contributed by atoms with Crippen LogP contribution in [0.25, 0.3) is 11.1 Å². The van der Waals surface area contributed by atoms with Gasteiger partial charge >= 0.3 is 12.1 Å². The van der Waals surface area contributed by atoms with E-state index in [0.717, 1.165) is 6.21 Å². The van der Waals surface area contributed by atoms with E-state index in [4.69, 9.17) is 10.5 Å². The van der Waals surface area contributed by atoms with Gasteiger partial charge in [-0.15, -0.1) is 0 Å². The summed E-state index contributed by atoms with van der Waals surface area (Å²) in [6.07, 6.45) is 1.86. The first-order chi connectivity index (χ1) is 12.8. The van der Waals surface area contributed by atoms with Crippen molar-refractivity contribution in [3.05, 3.63) is 52.3 Å². The normalized spacial score (nSPS) is 10.4. The van der Waals surface area contributed by atoms with Gasteiger partial charge in [-0.05, 0) is 11.6 Å². The molecule has 140 valence electrons. The quantitative estimate of drug-likeness (QED) is 0.463. The maximum absolute atomic E-state index is 12.0. The molecule has 1 heterocycles. The number of pyridine rings is 1. The molecule has 11 nitrogen and oxygen atoms in total. The number of non-ortho nitro benzene ring substituents is 1. The number of carbonyl (C=O) groups excluding carboxylic acids is 2. The van der Waals surface area contributed by atoms with Crippen LogP contribution in [0, 0.1) is 10.1 Å². The predicted octanol–water partition coefficient (Wildman–Crippen LogP) is 1.72. The standard InChI is InChI=1S/C16H16N6O5/c1-21(2)16(24)27-14-12(10-4-3-5-11(8-10)22(25)26)6-7-18-13(14)9-19-20-15(17)23/h3-9H,1-2H3,(H3,17,20,23). The lowest BCUT2D eigenvalue weighted by Gasteiger charge is -2.15. The smallest absolute Gasteiger partial charge is 0.407 e. The molecule has 1 aromatic heterocycles. The minimum Gasteiger partial charge on any atom is -0.407 e. The summed E-state index contributed by atoms with van der Waals surface area (Å²) in [5, 5.41) is 14.6. The lowest BCUT2D eigenvalue weighted by molar-refractivity contribution is -0.384. The summed E-state index contributed by atoms with van der Waals surface area (Å²) in [5.41, 5.74) is 7.75. The number of rotatable bonds is 5. The molecule has 1 aromatic carbocycles. The number of amides is 3. The van der Waals surface area contributed by atoms with E-state index < -0.39 is 17.0 Å². The van der Waals surface area contributed by atoms with Crippen molar-refractivity contribution in [2.24, 2.45) is 10.8 Å². The number of nitro benzene ring substituents is 1. The molecule has 0 aliphatic rings. The van der Waals surface area contributed by atoms with Crippen molar-refractivity contribution in [1.82, 2.24) is 15.3 Å². The van der Waals surface area contributed by atoms with Crippen LogP contribution >= 0.6 is 0 Å². The number of nitro groups is 1. The Bertz CT molecular complexity index is 912. The van der Waals surface area contributed by atoms with Crippen molar-refractivity contribution in [2.75, 3.05) is 14.1 Å². The zero-order chi connectivity index (χ0) is 20.0. The topological polar surface area (TPSA) is 153 Å². The highest BCUT2D eigenvalue weighted by atomic mass is 16.6. The number of benzene rings is 1. The van der Waals surface area contributed by atoms with Gasteiger partial charge in [-0.25, -0.2) is 15.0 Å². The largest absolute Gasteiger partial charge is 0.414 e. The number of hydrogen-bond donors (Lipinski definition) is 2. The van der Waals surface area contributed by atoms with E-state index in [1.807, 2.05) is 5.43 Å². The molecular formula is C16H16N6O5. The number of ether oxygens (including phenoxy) is 1. The first kappa shape index (κ1) is 19.3. The Morgan fingerprint density at radius 2 is 2.11 bits per heavy atom. The molecule has 0 fully saturated rings. The monoisotopic (exact) mass is 372 g/mol. The predicted molar refractivity (Wildman–Crippen MR) is 96.4 cm³/mol. The highest BCUT2D eigenvalue weighted by Gasteiger charge is 2.18. The van der Waals surface area contributed by atoms with Crippen LogP contribution < -0.4 is 15.9 Å². The molecule has 0 aliphatic heterocycles. The Kier molecular flexibility index (Phi) is 5.99.